The van der Waals surface area contributed by atoms with Gasteiger partial charge < -0.3 is 29.7 Å². The first-order valence-corrected chi connectivity index (χ1v) is 26.9. The fraction of sp³-hybridized carbons (Fsp3) is 0.440. The van der Waals surface area contributed by atoms with Gasteiger partial charge in [0.25, 0.3) is 0 Å². The van der Waals surface area contributed by atoms with Crippen molar-refractivity contribution in [2.45, 2.75) is 77.7 Å². The smallest absolute Gasteiger partial charge is 0.329 e. The maximum atomic E-state index is 14.8. The highest BCUT2D eigenvalue weighted by atomic mass is 79.9. The van der Waals surface area contributed by atoms with Crippen LogP contribution in [0.25, 0.3) is 21.9 Å². The Kier molecular flexibility index (Phi) is 13.3. The predicted molar refractivity (Wildman–Crippen MR) is 271 cm³/mol. The van der Waals surface area contributed by atoms with Gasteiger partial charge in [-0.25, -0.2) is 14.2 Å². The number of imidazole rings is 1. The zero-order chi connectivity index (χ0) is 48.1. The summed E-state index contributed by atoms with van der Waals surface area (Å²) in [7, 11) is 0.517. The first-order valence-electron chi connectivity index (χ1n) is 23.5. The summed E-state index contributed by atoms with van der Waals surface area (Å²) in [5.41, 5.74) is 7.28. The van der Waals surface area contributed by atoms with Crippen molar-refractivity contribution in [2.24, 2.45) is 12.5 Å². The molecule has 18 heteroatoms. The minimum atomic E-state index is -2.92. The minimum absolute atomic E-state index is 0.217. The number of carbonyl (C=O) groups excluding carboxylic acids is 2. The lowest BCUT2D eigenvalue weighted by atomic mass is 9.71. The summed E-state index contributed by atoms with van der Waals surface area (Å²) in [5, 5.41) is 10.1. The molecule has 1 atom stereocenters. The largest absolute Gasteiger partial charge is 0.494 e. The number of hydrogen-bond acceptors (Lipinski definition) is 12. The number of nitrogens with one attached hydrogen (secondary N) is 3. The number of benzene rings is 3. The standard InChI is InChI=1S/C50H59BrFN10O5P/c1-7-31-26-38(56-48-53-29-34(51)46(58-48)55-37-14-13-36-33(45(37)68(5,6)66)27-35(52)30(2)54-36)42(67-4)28-41(31)61-24-19-50(20-25-61)17-22-60(23-18-50)21-9-11-32-10-8-12-39-44(32)59(3)49(65)62(39)40-15-16-43(63)57-47(40)64/h8,10,12-14,26-29,40H,7,9,11,15-25H2,1-6H3,(H,57,63,64)(H2,53,55,56,58). The lowest BCUT2D eigenvalue weighted by molar-refractivity contribution is -0.135. The topological polar surface area (TPSA) is 169 Å². The third kappa shape index (κ3) is 9.28. The van der Waals surface area contributed by atoms with Crippen LogP contribution in [0.1, 0.15) is 74.7 Å². The van der Waals surface area contributed by atoms with Gasteiger partial charge in [-0.3, -0.25) is 29.0 Å². The predicted octanol–water partition coefficient (Wildman–Crippen LogP) is 8.49. The molecule has 358 valence electrons. The van der Waals surface area contributed by atoms with Crippen molar-refractivity contribution in [3.63, 3.8) is 0 Å². The maximum Gasteiger partial charge on any atom is 0.329 e. The van der Waals surface area contributed by atoms with E-state index in [9.17, 15) is 23.3 Å². The quantitative estimate of drug-likeness (QED) is 0.0747. The molecule has 2 amide bonds. The summed E-state index contributed by atoms with van der Waals surface area (Å²) in [6.45, 7) is 12.2. The molecule has 3 aliphatic rings. The number of likely N-dealkylation sites (tertiary alicyclic amines) is 1. The zero-order valence-electron chi connectivity index (χ0n) is 39.5. The highest BCUT2D eigenvalue weighted by molar-refractivity contribution is 9.10. The lowest BCUT2D eigenvalue weighted by Gasteiger charge is -2.47. The molecule has 3 aromatic carbocycles. The second-order valence-electron chi connectivity index (χ2n) is 19.0. The van der Waals surface area contributed by atoms with Gasteiger partial charge in [0.05, 0.1) is 45.2 Å². The van der Waals surface area contributed by atoms with Crippen molar-refractivity contribution in [3.8, 4) is 5.75 Å². The molecule has 3 fully saturated rings. The van der Waals surface area contributed by atoms with E-state index in [1.165, 1.54) is 30.2 Å². The van der Waals surface area contributed by atoms with E-state index in [0.29, 0.717) is 55.7 Å². The van der Waals surface area contributed by atoms with Crippen LogP contribution in [-0.4, -0.2) is 94.0 Å². The van der Waals surface area contributed by atoms with E-state index in [4.69, 9.17) is 9.72 Å². The molecule has 1 unspecified atom stereocenters. The van der Waals surface area contributed by atoms with Gasteiger partial charge in [-0.15, -0.1) is 0 Å². The van der Waals surface area contributed by atoms with Gasteiger partial charge >= 0.3 is 5.69 Å². The third-order valence-electron chi connectivity index (χ3n) is 14.4. The normalized spacial score (nSPS) is 17.8. The molecular formula is C50H59BrFN10O5P. The van der Waals surface area contributed by atoms with Crippen LogP contribution in [0.4, 0.5) is 33.2 Å². The monoisotopic (exact) mass is 1010 g/mol. The average molecular weight is 1010 g/mol. The van der Waals surface area contributed by atoms with Crippen LogP contribution in [0.3, 0.4) is 0 Å². The molecule has 3 N–H and O–H groups in total. The van der Waals surface area contributed by atoms with E-state index >= 15 is 0 Å². The number of anilines is 5. The average Bonchev–Trinajstić information content (AvgIpc) is 3.57. The molecule has 6 heterocycles. The van der Waals surface area contributed by atoms with E-state index in [-0.39, 0.29) is 23.7 Å². The number of piperidine rings is 3. The number of imide groups is 1. The summed E-state index contributed by atoms with van der Waals surface area (Å²) >= 11 is 3.58. The maximum absolute atomic E-state index is 14.8. The van der Waals surface area contributed by atoms with E-state index < -0.39 is 24.9 Å². The second-order valence-corrected chi connectivity index (χ2v) is 23.0. The Bertz CT molecular complexity index is 3060. The summed E-state index contributed by atoms with van der Waals surface area (Å²) in [6, 6.07) is 14.5. The Hall–Kier alpha value is -5.64. The van der Waals surface area contributed by atoms with Crippen molar-refractivity contribution in [1.82, 2.24) is 34.3 Å². The zero-order valence-corrected chi connectivity index (χ0v) is 42.0. The molecule has 3 saturated heterocycles. The molecule has 3 aromatic heterocycles. The fourth-order valence-corrected chi connectivity index (χ4v) is 12.4. The van der Waals surface area contributed by atoms with Gasteiger partial charge in [0.2, 0.25) is 17.8 Å². The van der Waals surface area contributed by atoms with E-state index in [0.717, 1.165) is 87.1 Å². The number of hydrogen-bond donors (Lipinski definition) is 3. The number of aromatic nitrogens is 5. The number of amides is 2. The third-order valence-corrected chi connectivity index (χ3v) is 16.5. The van der Waals surface area contributed by atoms with Crippen LogP contribution in [-0.2, 0) is 34.0 Å². The van der Waals surface area contributed by atoms with Crippen LogP contribution < -0.4 is 36.6 Å². The van der Waals surface area contributed by atoms with Gasteiger partial charge in [-0.2, -0.15) is 4.98 Å². The van der Waals surface area contributed by atoms with E-state index in [2.05, 4.69) is 76.8 Å². The Balaban J connectivity index is 0.826. The Morgan fingerprint density at radius 3 is 2.43 bits per heavy atom. The first kappa shape index (κ1) is 47.4. The van der Waals surface area contributed by atoms with Crippen molar-refractivity contribution in [1.29, 1.82) is 0 Å². The minimum Gasteiger partial charge on any atom is -0.494 e. The van der Waals surface area contributed by atoms with Crippen molar-refractivity contribution in [3.05, 3.63) is 92.3 Å². The highest BCUT2D eigenvalue weighted by Gasteiger charge is 2.38. The van der Waals surface area contributed by atoms with Crippen molar-refractivity contribution >= 4 is 91.0 Å². The summed E-state index contributed by atoms with van der Waals surface area (Å²) < 4.78 is 38.2. The molecule has 68 heavy (non-hydrogen) atoms. The number of carbonyl (C=O) groups is 2. The van der Waals surface area contributed by atoms with E-state index in [1.807, 2.05) is 12.1 Å². The summed E-state index contributed by atoms with van der Waals surface area (Å²) in [4.78, 5) is 56.8. The molecule has 0 bridgehead atoms. The summed E-state index contributed by atoms with van der Waals surface area (Å²) in [5.74, 6) is 0.287. The molecule has 9 rings (SSSR count). The van der Waals surface area contributed by atoms with Gasteiger partial charge in [0, 0.05) is 55.2 Å². The number of ether oxygens (including phenoxy) is 1. The van der Waals surface area contributed by atoms with Gasteiger partial charge in [0.1, 0.15) is 30.6 Å². The number of para-hydroxylation sites is 1. The van der Waals surface area contributed by atoms with Crippen molar-refractivity contribution < 1.29 is 23.3 Å². The lowest BCUT2D eigenvalue weighted by Crippen LogP contribution is -2.47. The first-order chi connectivity index (χ1) is 32.6. The molecule has 0 aliphatic carbocycles. The molecule has 3 aliphatic heterocycles. The second kappa shape index (κ2) is 19.0. The SMILES string of the molecule is CCc1cc(Nc2ncc(Br)c(Nc3ccc4nc(C)c(F)cc4c3P(C)(C)=O)n2)c(OC)cc1N1CCC2(CCN(CCCc3cccc4c3n(C)c(=O)n4C3CCC(=O)NC3=O)CC2)CC1. The number of pyridine rings is 1. The number of aryl methyl sites for hydroxylation is 4. The van der Waals surface area contributed by atoms with Gasteiger partial charge in [-0.05, 0) is 154 Å². The molecule has 15 nitrogen and oxygen atoms in total. The number of nitrogens with zero attached hydrogens (tertiary/aromatic N) is 7. The van der Waals surface area contributed by atoms with Crippen LogP contribution in [0, 0.1) is 18.2 Å². The number of halogens is 2. The van der Waals surface area contributed by atoms with Crippen LogP contribution in [0.15, 0.2) is 64.0 Å². The Morgan fingerprint density at radius 2 is 1.72 bits per heavy atom. The number of fused-ring (bicyclic) bond motifs is 2. The molecular weight excluding hydrogens is 950 g/mol. The number of methoxy groups -OCH3 is 1. The fourth-order valence-electron chi connectivity index (χ4n) is 10.6. The van der Waals surface area contributed by atoms with Crippen LogP contribution >= 0.6 is 23.1 Å². The van der Waals surface area contributed by atoms with Crippen LogP contribution in [0.2, 0.25) is 0 Å². The highest BCUT2D eigenvalue weighted by Crippen LogP contribution is 2.45. The van der Waals surface area contributed by atoms with Crippen LogP contribution in [0.5, 0.6) is 5.75 Å². The molecule has 0 saturated carbocycles. The van der Waals surface area contributed by atoms with Gasteiger partial charge in [0.15, 0.2) is 0 Å². The Labute approximate surface area is 403 Å². The van der Waals surface area contributed by atoms with Crippen molar-refractivity contribution in [2.75, 3.05) is 68.7 Å². The van der Waals surface area contributed by atoms with Gasteiger partial charge in [-0.1, -0.05) is 19.1 Å². The Morgan fingerprint density at radius 1 is 0.971 bits per heavy atom. The summed E-state index contributed by atoms with van der Waals surface area (Å²) in [6.07, 6.45) is 9.40. The molecule has 6 aromatic rings. The molecule has 1 spiro atoms. The molecule has 0 radical (unpaired) electrons. The number of rotatable bonds is 13. The van der Waals surface area contributed by atoms with E-state index in [1.54, 1.807) is 61.9 Å².